The fourth-order valence-electron chi connectivity index (χ4n) is 0.503. The van der Waals surface area contributed by atoms with E-state index in [-0.39, 0.29) is 26.2 Å². The zero-order valence-electron chi connectivity index (χ0n) is 13.1. The molecule has 0 fully saturated rings. The molecule has 0 amide bonds. The van der Waals surface area contributed by atoms with Crippen molar-refractivity contribution in [2.75, 3.05) is 19.6 Å². The van der Waals surface area contributed by atoms with Crippen molar-refractivity contribution in [1.82, 2.24) is 0 Å². The third-order valence-electron chi connectivity index (χ3n) is 1.64. The van der Waals surface area contributed by atoms with Crippen LogP contribution in [0.1, 0.15) is 40.0 Å². The van der Waals surface area contributed by atoms with Crippen LogP contribution in [-0.4, -0.2) is 35.5 Å². The van der Waals surface area contributed by atoms with E-state index in [0.717, 1.165) is 23.7 Å². The van der Waals surface area contributed by atoms with E-state index in [9.17, 15) is 3.50 Å². The zero-order chi connectivity index (χ0) is 15.4. The molecule has 0 atom stereocenters. The largest absolute Gasteiger partial charge is 4.00 e. The predicted octanol–water partition coefficient (Wildman–Crippen LogP) is 4.43. The van der Waals surface area contributed by atoms with Crippen molar-refractivity contribution in [3.8, 4) is 0 Å². The maximum atomic E-state index is 11.7. The van der Waals surface area contributed by atoms with Gasteiger partial charge in [0, 0.05) is 0 Å². The SMILES string of the molecule is CCC[NH-].CCC[NH-].CCC[NH-].[F][GeH2][c-]1cccc1.[Zr+4]. The van der Waals surface area contributed by atoms with Crippen molar-refractivity contribution in [1.29, 1.82) is 0 Å². The second kappa shape index (κ2) is 31.8. The van der Waals surface area contributed by atoms with E-state index in [4.69, 9.17) is 17.2 Å². The molecule has 1 rings (SSSR count). The van der Waals surface area contributed by atoms with Crippen LogP contribution in [0, 0.1) is 0 Å². The van der Waals surface area contributed by atoms with Crippen molar-refractivity contribution in [2.24, 2.45) is 0 Å². The van der Waals surface area contributed by atoms with Gasteiger partial charge in [-0.2, -0.15) is 19.6 Å². The van der Waals surface area contributed by atoms with Gasteiger partial charge in [0.2, 0.25) is 0 Å². The Balaban J connectivity index is -0.0000000881. The van der Waals surface area contributed by atoms with Crippen molar-refractivity contribution in [3.63, 3.8) is 0 Å². The Kier molecular flexibility index (Phi) is 45.6. The first-order valence-corrected chi connectivity index (χ1v) is 9.49. The van der Waals surface area contributed by atoms with Gasteiger partial charge in [0.15, 0.2) is 0 Å². The quantitative estimate of drug-likeness (QED) is 0.508. The Bertz CT molecular complexity index is 197. The minimum absolute atomic E-state index is 0. The molecule has 0 aliphatic rings. The molecule has 0 aliphatic carbocycles. The number of hydrogen-bond donors (Lipinski definition) is 0. The van der Waals surface area contributed by atoms with Gasteiger partial charge in [0.05, 0.1) is 0 Å². The maximum Gasteiger partial charge on any atom is 4.00 e. The summed E-state index contributed by atoms with van der Waals surface area (Å²) in [4.78, 5) is 0. The van der Waals surface area contributed by atoms with Crippen LogP contribution >= 0.6 is 0 Å². The monoisotopic (exact) mass is 423 g/mol. The second-order valence-electron chi connectivity index (χ2n) is 3.68. The predicted molar refractivity (Wildman–Crippen MR) is 89.8 cm³/mol. The van der Waals surface area contributed by atoms with E-state index in [1.165, 1.54) is 0 Å². The first kappa shape index (κ1) is 28.7. The van der Waals surface area contributed by atoms with E-state index in [2.05, 4.69) is 0 Å². The van der Waals surface area contributed by atoms with E-state index in [0.29, 0.717) is 19.6 Å². The van der Waals surface area contributed by atoms with Gasteiger partial charge in [-0.05, 0) is 0 Å². The Labute approximate surface area is 150 Å². The molecule has 116 valence electrons. The Morgan fingerprint density at radius 2 is 1.10 bits per heavy atom. The van der Waals surface area contributed by atoms with Gasteiger partial charge >= 0.3 is 74.3 Å². The smallest absolute Gasteiger partial charge is 4.00 e. The number of hydrogen-bond acceptors (Lipinski definition) is 0. The standard InChI is InChI=1S/C5H6FGe.3C3H8N.Zr/c6-7-5-3-1-2-4-5;3*1-2-3-4;/h1-4H,7H2;3*4H,2-3H2,1H3;/q4*-1;+4. The summed E-state index contributed by atoms with van der Waals surface area (Å²) in [6.45, 7) is 7.69. The second-order valence-corrected chi connectivity index (χ2v) is 5.95. The van der Waals surface area contributed by atoms with Crippen LogP contribution in [0.5, 0.6) is 0 Å². The molecule has 0 saturated heterocycles. The van der Waals surface area contributed by atoms with Crippen molar-refractivity contribution in [2.45, 2.75) is 40.0 Å². The summed E-state index contributed by atoms with van der Waals surface area (Å²) < 4.78 is 12.7. The molecular formula is C14H30FGeN3Zr. The van der Waals surface area contributed by atoms with Crippen LogP contribution in [0.25, 0.3) is 17.2 Å². The third-order valence-corrected chi connectivity index (χ3v) is 3.27. The molecule has 20 heavy (non-hydrogen) atoms. The summed E-state index contributed by atoms with van der Waals surface area (Å²) in [5, 5.41) is 0. The van der Waals surface area contributed by atoms with Crippen molar-refractivity contribution < 1.29 is 29.7 Å². The average Bonchev–Trinajstić information content (AvgIpc) is 3.01. The van der Waals surface area contributed by atoms with Gasteiger partial charge in [-0.3, -0.25) is 0 Å². The molecule has 0 aliphatic heterocycles. The molecule has 0 aromatic heterocycles. The van der Waals surface area contributed by atoms with Gasteiger partial charge in [-0.15, -0.1) is 0 Å². The molecule has 6 heteroatoms. The van der Waals surface area contributed by atoms with Crippen LogP contribution in [-0.2, 0) is 26.2 Å². The van der Waals surface area contributed by atoms with Gasteiger partial charge in [-0.25, -0.2) is 0 Å². The summed E-state index contributed by atoms with van der Waals surface area (Å²) in [6, 6.07) is 7.44. The first-order valence-electron chi connectivity index (χ1n) is 6.88. The van der Waals surface area contributed by atoms with Crippen molar-refractivity contribution in [3.05, 3.63) is 41.5 Å². The molecule has 1 aromatic carbocycles. The molecule has 3 N–H and O–H groups in total. The van der Waals surface area contributed by atoms with Crippen LogP contribution in [0.3, 0.4) is 0 Å². The number of halogens is 1. The van der Waals surface area contributed by atoms with E-state index in [1.807, 2.05) is 45.0 Å². The Hall–Kier alpha value is 0.586. The van der Waals surface area contributed by atoms with E-state index >= 15 is 0 Å². The van der Waals surface area contributed by atoms with Gasteiger partial charge in [0.25, 0.3) is 0 Å². The topological polar surface area (TPSA) is 71.4 Å². The van der Waals surface area contributed by atoms with Gasteiger partial charge in [0.1, 0.15) is 0 Å². The summed E-state index contributed by atoms with van der Waals surface area (Å²) in [7, 11) is 0. The van der Waals surface area contributed by atoms with E-state index < -0.39 is 15.9 Å². The Morgan fingerprint density at radius 1 is 0.850 bits per heavy atom. The first-order chi connectivity index (χ1) is 9.17. The molecule has 0 bridgehead atoms. The molecule has 1 aromatic rings. The fourth-order valence-corrected chi connectivity index (χ4v) is 1.45. The molecule has 0 saturated carbocycles. The Morgan fingerprint density at radius 3 is 1.20 bits per heavy atom. The minimum Gasteiger partial charge on any atom is 4.00 e. The normalized spacial score (nSPS) is 8.35. The average molecular weight is 423 g/mol. The van der Waals surface area contributed by atoms with Crippen LogP contribution in [0.4, 0.5) is 3.50 Å². The van der Waals surface area contributed by atoms with Gasteiger partial charge in [-0.1, -0.05) is 40.0 Å². The van der Waals surface area contributed by atoms with Crippen LogP contribution in [0.15, 0.2) is 24.3 Å². The molecule has 0 spiro atoms. The third kappa shape index (κ3) is 36.3. The molecule has 0 radical (unpaired) electrons. The fraction of sp³-hybridized carbons (Fsp3) is 0.643. The molecule has 0 unspecified atom stereocenters. The molecule has 0 heterocycles. The van der Waals surface area contributed by atoms with Crippen LogP contribution in [0.2, 0.25) is 0 Å². The number of rotatable bonds is 4. The summed E-state index contributed by atoms with van der Waals surface area (Å²) in [6.07, 6.45) is 2.96. The van der Waals surface area contributed by atoms with Gasteiger partial charge < -0.3 is 17.2 Å². The minimum atomic E-state index is -1.73. The van der Waals surface area contributed by atoms with Crippen molar-refractivity contribution >= 4 is 20.3 Å². The summed E-state index contributed by atoms with van der Waals surface area (Å²) >= 11 is -1.73. The van der Waals surface area contributed by atoms with Crippen LogP contribution < -0.4 is 4.40 Å². The summed E-state index contributed by atoms with van der Waals surface area (Å²) in [5.41, 5.74) is 19.4. The molecule has 3 nitrogen and oxygen atoms in total. The maximum absolute atomic E-state index is 11.7. The van der Waals surface area contributed by atoms with E-state index in [1.54, 1.807) is 0 Å². The molecular weight excluding hydrogens is 393 g/mol. The summed E-state index contributed by atoms with van der Waals surface area (Å²) in [5.74, 6) is 0. The number of nitrogens with one attached hydrogen (secondary N) is 3. The zero-order valence-corrected chi connectivity index (χ0v) is 18.6.